The maximum atomic E-state index is 13.4. The van der Waals surface area contributed by atoms with Crippen LogP contribution in [0, 0.1) is 6.92 Å². The number of hydrogen-bond donors (Lipinski definition) is 3. The Bertz CT molecular complexity index is 1400. The normalized spacial score (nSPS) is 19.6. The van der Waals surface area contributed by atoms with Crippen LogP contribution in [0.2, 0.25) is 0 Å². The Balaban J connectivity index is 1.29. The highest BCUT2D eigenvalue weighted by molar-refractivity contribution is 7.13. The summed E-state index contributed by atoms with van der Waals surface area (Å²) in [6, 6.07) is 7.62. The number of nitrogens with one attached hydrogen (secondary N) is 3. The second kappa shape index (κ2) is 12.1. The van der Waals surface area contributed by atoms with E-state index in [0.29, 0.717) is 43.0 Å². The Hall–Kier alpha value is -3.28. The number of aryl methyl sites for hydroxylation is 1. The van der Waals surface area contributed by atoms with Gasteiger partial charge in [0.2, 0.25) is 0 Å². The number of fused-ring (bicyclic) bond motifs is 2. The number of rotatable bonds is 9. The quantitative estimate of drug-likeness (QED) is 0.341. The molecule has 2 aliphatic rings. The van der Waals surface area contributed by atoms with Crippen molar-refractivity contribution < 1.29 is 19.1 Å². The van der Waals surface area contributed by atoms with E-state index in [0.717, 1.165) is 46.5 Å². The number of H-pyrrole nitrogens is 1. The Morgan fingerprint density at radius 2 is 1.90 bits per heavy atom. The average molecular weight is 567 g/mol. The first-order valence-electron chi connectivity index (χ1n) is 14.0. The maximum absolute atomic E-state index is 13.4. The first kappa shape index (κ1) is 28.3. The predicted molar refractivity (Wildman–Crippen MR) is 155 cm³/mol. The second-order valence-corrected chi connectivity index (χ2v) is 12.0. The van der Waals surface area contributed by atoms with Gasteiger partial charge in [-0.15, -0.1) is 11.3 Å². The molecule has 3 aromatic rings. The zero-order valence-corrected chi connectivity index (χ0v) is 24.4. The molecule has 5 rings (SSSR count). The zero-order chi connectivity index (χ0) is 28.4. The molecular weight excluding hydrogens is 528 g/mol. The van der Waals surface area contributed by atoms with Gasteiger partial charge < -0.3 is 20.4 Å². The summed E-state index contributed by atoms with van der Waals surface area (Å²) in [4.78, 5) is 52.0. The van der Waals surface area contributed by atoms with Gasteiger partial charge in [-0.05, 0) is 45.9 Å². The molecular formula is C29H38N6O4S. The van der Waals surface area contributed by atoms with Crippen molar-refractivity contribution >= 4 is 40.0 Å². The van der Waals surface area contributed by atoms with Crippen molar-refractivity contribution in [2.45, 2.75) is 65.2 Å². The van der Waals surface area contributed by atoms with Gasteiger partial charge in [0.1, 0.15) is 5.69 Å². The van der Waals surface area contributed by atoms with Crippen LogP contribution in [0.3, 0.4) is 0 Å². The van der Waals surface area contributed by atoms with Gasteiger partial charge in [0.05, 0.1) is 30.8 Å². The Morgan fingerprint density at radius 1 is 1.15 bits per heavy atom. The van der Waals surface area contributed by atoms with Gasteiger partial charge in [-0.2, -0.15) is 0 Å². The molecule has 0 saturated carbocycles. The van der Waals surface area contributed by atoms with Crippen molar-refractivity contribution in [2.24, 2.45) is 0 Å². The van der Waals surface area contributed by atoms with Crippen LogP contribution >= 0.6 is 11.3 Å². The lowest BCUT2D eigenvalue weighted by Crippen LogP contribution is -2.51. The van der Waals surface area contributed by atoms with E-state index < -0.39 is 0 Å². The number of aromatic amines is 1. The summed E-state index contributed by atoms with van der Waals surface area (Å²) >= 11 is 1.45. The predicted octanol–water partition coefficient (Wildman–Crippen LogP) is 2.87. The van der Waals surface area contributed by atoms with Crippen molar-refractivity contribution in [3.63, 3.8) is 0 Å². The fourth-order valence-electron chi connectivity index (χ4n) is 5.45. The summed E-state index contributed by atoms with van der Waals surface area (Å²) in [5.41, 5.74) is 3.49. The van der Waals surface area contributed by atoms with Crippen LogP contribution in [0.4, 0.5) is 0 Å². The number of carbonyl (C=O) groups is 3. The lowest BCUT2D eigenvalue weighted by atomic mass is 10.1. The fraction of sp³-hybridized carbons (Fsp3) is 0.517. The van der Waals surface area contributed by atoms with E-state index in [-0.39, 0.29) is 36.3 Å². The average Bonchev–Trinajstić information content (AvgIpc) is 3.63. The van der Waals surface area contributed by atoms with Gasteiger partial charge in [-0.1, -0.05) is 11.6 Å². The molecule has 2 amide bonds. The summed E-state index contributed by atoms with van der Waals surface area (Å²) in [6.07, 6.45) is 1.09. The molecule has 2 aliphatic heterocycles. The summed E-state index contributed by atoms with van der Waals surface area (Å²) in [5.74, 6) is -0.718. The third kappa shape index (κ3) is 6.37. The molecule has 1 fully saturated rings. The molecule has 2 aromatic heterocycles. The molecule has 0 spiro atoms. The van der Waals surface area contributed by atoms with Crippen LogP contribution in [0.15, 0.2) is 24.3 Å². The van der Waals surface area contributed by atoms with Crippen LogP contribution in [0.1, 0.15) is 63.6 Å². The second-order valence-electron chi connectivity index (χ2n) is 11.0. The molecule has 0 unspecified atom stereocenters. The molecule has 1 saturated heterocycles. The first-order valence-corrected chi connectivity index (χ1v) is 14.8. The molecule has 0 aliphatic carbocycles. The van der Waals surface area contributed by atoms with E-state index in [4.69, 9.17) is 4.74 Å². The molecule has 2 atom stereocenters. The van der Waals surface area contributed by atoms with Gasteiger partial charge in [0, 0.05) is 61.0 Å². The molecule has 40 heavy (non-hydrogen) atoms. The number of thiazole rings is 1. The van der Waals surface area contributed by atoms with E-state index in [9.17, 15) is 14.4 Å². The van der Waals surface area contributed by atoms with E-state index >= 15 is 0 Å². The van der Waals surface area contributed by atoms with Gasteiger partial charge in [-0.25, -0.2) is 4.98 Å². The monoisotopic (exact) mass is 566 g/mol. The number of ether oxygens (including phenoxy) is 1. The molecule has 10 nitrogen and oxygen atoms in total. The maximum Gasteiger partial charge on any atom is 0.307 e. The number of amides is 2. The lowest BCUT2D eigenvalue weighted by Gasteiger charge is -2.29. The Kier molecular flexibility index (Phi) is 8.53. The van der Waals surface area contributed by atoms with Gasteiger partial charge in [-0.3, -0.25) is 24.2 Å². The zero-order valence-electron chi connectivity index (χ0n) is 23.6. The highest BCUT2D eigenvalue weighted by Crippen LogP contribution is 2.27. The van der Waals surface area contributed by atoms with Crippen molar-refractivity contribution in [2.75, 3.05) is 32.8 Å². The lowest BCUT2D eigenvalue weighted by molar-refractivity contribution is -0.143. The minimum atomic E-state index is -0.335. The smallest absolute Gasteiger partial charge is 0.307 e. The molecule has 4 heterocycles. The van der Waals surface area contributed by atoms with Crippen LogP contribution in [0.25, 0.3) is 10.9 Å². The van der Waals surface area contributed by atoms with Crippen LogP contribution < -0.4 is 10.6 Å². The van der Waals surface area contributed by atoms with Crippen molar-refractivity contribution in [1.29, 1.82) is 0 Å². The highest BCUT2D eigenvalue weighted by atomic mass is 32.1. The van der Waals surface area contributed by atoms with Crippen molar-refractivity contribution in [3.8, 4) is 0 Å². The summed E-state index contributed by atoms with van der Waals surface area (Å²) in [6.45, 7) is 11.8. The highest BCUT2D eigenvalue weighted by Gasteiger charge is 2.36. The first-order chi connectivity index (χ1) is 19.2. The van der Waals surface area contributed by atoms with Crippen molar-refractivity contribution in [1.82, 2.24) is 30.4 Å². The standard InChI is InChI=1S/C29H38N6O4S/c1-5-39-26(36)9-10-34-14-23(31-27(37)22-13-19-12-18(4)6-7-20(19)30-22)24(15-34)32-28(38)29-33-21-8-11-35(17(2)3)16-25(21)40-29/h6-7,12-13,17,23-24,30H,5,8-11,14-16H2,1-4H3,(H,31,37)(H,32,38)/t23-,24-/m1/s1. The SMILES string of the molecule is CCOC(=O)CCN1C[C@@H](NC(=O)c2cc3cc(C)ccc3[nH]2)[C@H](NC(=O)c2nc3c(s2)CN(C(C)C)CC3)C1. The van der Waals surface area contributed by atoms with Crippen LogP contribution in [0.5, 0.6) is 0 Å². The minimum absolute atomic E-state index is 0.229. The Labute approximate surface area is 238 Å². The van der Waals surface area contributed by atoms with E-state index in [1.54, 1.807) is 6.92 Å². The molecule has 3 N–H and O–H groups in total. The number of carbonyl (C=O) groups excluding carboxylic acids is 3. The summed E-state index contributed by atoms with van der Waals surface area (Å²) in [5, 5.41) is 7.68. The molecule has 0 bridgehead atoms. The number of hydrogen-bond acceptors (Lipinski definition) is 8. The minimum Gasteiger partial charge on any atom is -0.466 e. The van der Waals surface area contributed by atoms with E-state index in [1.165, 1.54) is 11.3 Å². The third-order valence-corrected chi connectivity index (χ3v) is 8.75. The van der Waals surface area contributed by atoms with Gasteiger partial charge in [0.15, 0.2) is 5.01 Å². The van der Waals surface area contributed by atoms with Crippen LogP contribution in [-0.4, -0.2) is 88.5 Å². The number of esters is 1. The van der Waals surface area contributed by atoms with E-state index in [1.807, 2.05) is 31.2 Å². The molecule has 11 heteroatoms. The topological polar surface area (TPSA) is 120 Å². The number of nitrogens with zero attached hydrogens (tertiary/aromatic N) is 3. The van der Waals surface area contributed by atoms with Crippen molar-refractivity contribution in [3.05, 3.63) is 51.1 Å². The van der Waals surface area contributed by atoms with Crippen LogP contribution in [-0.2, 0) is 22.5 Å². The number of likely N-dealkylation sites (tertiary alicyclic amines) is 1. The summed E-state index contributed by atoms with van der Waals surface area (Å²) in [7, 11) is 0. The molecule has 0 radical (unpaired) electrons. The molecule has 214 valence electrons. The number of aromatic nitrogens is 2. The fourth-order valence-corrected chi connectivity index (χ4v) is 6.48. The van der Waals surface area contributed by atoms with E-state index in [2.05, 4.69) is 44.2 Å². The Morgan fingerprint density at radius 3 is 2.62 bits per heavy atom. The van der Waals surface area contributed by atoms with Gasteiger partial charge >= 0.3 is 5.97 Å². The summed E-state index contributed by atoms with van der Waals surface area (Å²) < 4.78 is 5.08. The van der Waals surface area contributed by atoms with Gasteiger partial charge in [0.25, 0.3) is 11.8 Å². The largest absolute Gasteiger partial charge is 0.466 e. The number of benzene rings is 1. The third-order valence-electron chi connectivity index (χ3n) is 7.67. The molecule has 1 aromatic carbocycles.